The number of halogens is 1. The van der Waals surface area contributed by atoms with Crippen molar-refractivity contribution in [3.05, 3.63) is 89.5 Å². The van der Waals surface area contributed by atoms with Crippen LogP contribution in [0.4, 0.5) is 4.39 Å². The third kappa shape index (κ3) is 4.27. The fraction of sp³-hybridized carbons (Fsp3) is 0.273. The van der Waals surface area contributed by atoms with Gasteiger partial charge in [-0.3, -0.25) is 4.90 Å². The molecule has 1 aromatic heterocycles. The highest BCUT2D eigenvalue weighted by Gasteiger charge is 2.28. The summed E-state index contributed by atoms with van der Waals surface area (Å²) in [6.07, 6.45) is 2.88. The summed E-state index contributed by atoms with van der Waals surface area (Å²) in [5, 5.41) is 0. The SMILES string of the molecule is Cn1cccc1C(CNS(=O)(=O)c1cccc(F)c1)N1CCc2ccccc2C1. The Hall–Kier alpha value is -2.48. The number of aryl methyl sites for hydroxylation is 1. The van der Waals surface area contributed by atoms with Crippen molar-refractivity contribution in [2.24, 2.45) is 7.05 Å². The number of nitrogens with one attached hydrogen (secondary N) is 1. The molecule has 0 aliphatic carbocycles. The summed E-state index contributed by atoms with van der Waals surface area (Å²) in [5.74, 6) is -0.570. The van der Waals surface area contributed by atoms with E-state index < -0.39 is 15.8 Å². The summed E-state index contributed by atoms with van der Waals surface area (Å²) in [6, 6.07) is 17.3. The number of aromatic nitrogens is 1. The average Bonchev–Trinajstić information content (AvgIpc) is 3.14. The van der Waals surface area contributed by atoms with Crippen molar-refractivity contribution in [2.75, 3.05) is 13.1 Å². The molecule has 3 aromatic rings. The number of hydrogen-bond donors (Lipinski definition) is 1. The summed E-state index contributed by atoms with van der Waals surface area (Å²) >= 11 is 0. The summed E-state index contributed by atoms with van der Waals surface area (Å²) in [6.45, 7) is 1.81. The zero-order chi connectivity index (χ0) is 20.4. The molecule has 29 heavy (non-hydrogen) atoms. The largest absolute Gasteiger partial charge is 0.353 e. The Morgan fingerprint density at radius 1 is 1.07 bits per heavy atom. The van der Waals surface area contributed by atoms with Gasteiger partial charge in [0.1, 0.15) is 5.82 Å². The molecule has 0 amide bonds. The standard InChI is InChI=1S/C22H24FN3O2S/c1-25-12-5-10-21(25)22(26-13-11-17-6-2-3-7-18(17)16-26)15-24-29(27,28)20-9-4-8-19(23)14-20/h2-10,12,14,22,24H,11,13,15-16H2,1H3. The molecular formula is C22H24FN3O2S. The van der Waals surface area contributed by atoms with Crippen LogP contribution in [0.5, 0.6) is 0 Å². The van der Waals surface area contributed by atoms with E-state index >= 15 is 0 Å². The maximum atomic E-state index is 13.5. The predicted octanol–water partition coefficient (Wildman–Crippen LogP) is 3.24. The van der Waals surface area contributed by atoms with Crippen LogP contribution in [-0.2, 0) is 30.0 Å². The van der Waals surface area contributed by atoms with Crippen molar-refractivity contribution >= 4 is 10.0 Å². The van der Waals surface area contributed by atoms with Gasteiger partial charge in [0.2, 0.25) is 10.0 Å². The molecule has 1 unspecified atom stereocenters. The Labute approximate surface area is 170 Å². The van der Waals surface area contributed by atoms with Crippen molar-refractivity contribution in [1.29, 1.82) is 0 Å². The van der Waals surface area contributed by atoms with Crippen LogP contribution in [-0.4, -0.2) is 31.0 Å². The Kier molecular flexibility index (Phi) is 5.54. The number of rotatable bonds is 6. The second-order valence-corrected chi connectivity index (χ2v) is 9.13. The molecule has 4 rings (SSSR count). The lowest BCUT2D eigenvalue weighted by molar-refractivity contribution is 0.174. The van der Waals surface area contributed by atoms with Crippen LogP contribution in [0.3, 0.4) is 0 Å². The molecule has 1 atom stereocenters. The topological polar surface area (TPSA) is 54.3 Å². The van der Waals surface area contributed by atoms with Crippen LogP contribution < -0.4 is 4.72 Å². The van der Waals surface area contributed by atoms with Crippen molar-refractivity contribution < 1.29 is 12.8 Å². The average molecular weight is 414 g/mol. The lowest BCUT2D eigenvalue weighted by Gasteiger charge is -2.36. The second-order valence-electron chi connectivity index (χ2n) is 7.36. The zero-order valence-corrected chi connectivity index (χ0v) is 17.1. The maximum Gasteiger partial charge on any atom is 0.240 e. The van der Waals surface area contributed by atoms with Crippen molar-refractivity contribution in [3.8, 4) is 0 Å². The van der Waals surface area contributed by atoms with E-state index in [1.807, 2.05) is 36.0 Å². The molecule has 1 aliphatic heterocycles. The van der Waals surface area contributed by atoms with Gasteiger partial charge < -0.3 is 4.57 Å². The highest BCUT2D eigenvalue weighted by molar-refractivity contribution is 7.89. The van der Waals surface area contributed by atoms with Crippen molar-refractivity contribution in [1.82, 2.24) is 14.2 Å². The molecule has 1 N–H and O–H groups in total. The van der Waals surface area contributed by atoms with Gasteiger partial charge in [-0.1, -0.05) is 30.3 Å². The fourth-order valence-corrected chi connectivity index (χ4v) is 5.00. The van der Waals surface area contributed by atoms with Gasteiger partial charge in [-0.2, -0.15) is 0 Å². The van der Waals surface area contributed by atoms with Gasteiger partial charge in [0.05, 0.1) is 10.9 Å². The number of benzene rings is 2. The van der Waals surface area contributed by atoms with E-state index in [0.717, 1.165) is 31.3 Å². The van der Waals surface area contributed by atoms with E-state index in [0.29, 0.717) is 0 Å². The van der Waals surface area contributed by atoms with Crippen molar-refractivity contribution in [3.63, 3.8) is 0 Å². The van der Waals surface area contributed by atoms with E-state index in [1.165, 1.54) is 29.3 Å². The van der Waals surface area contributed by atoms with Crippen LogP contribution in [0, 0.1) is 5.82 Å². The number of fused-ring (bicyclic) bond motifs is 1. The molecule has 1 aliphatic rings. The minimum absolute atomic E-state index is 0.0629. The highest BCUT2D eigenvalue weighted by Crippen LogP contribution is 2.28. The molecule has 2 heterocycles. The van der Waals surface area contributed by atoms with E-state index in [9.17, 15) is 12.8 Å². The minimum Gasteiger partial charge on any atom is -0.353 e. The first-order valence-corrected chi connectivity index (χ1v) is 11.1. The van der Waals surface area contributed by atoms with Crippen molar-refractivity contribution in [2.45, 2.75) is 23.9 Å². The number of sulfonamides is 1. The highest BCUT2D eigenvalue weighted by atomic mass is 32.2. The smallest absolute Gasteiger partial charge is 0.240 e. The van der Waals surface area contributed by atoms with Crippen LogP contribution >= 0.6 is 0 Å². The van der Waals surface area contributed by atoms with Crippen LogP contribution in [0.25, 0.3) is 0 Å². The number of nitrogens with zero attached hydrogens (tertiary/aromatic N) is 2. The predicted molar refractivity (Wildman–Crippen MR) is 110 cm³/mol. The molecule has 152 valence electrons. The van der Waals surface area contributed by atoms with Crippen LogP contribution in [0.15, 0.2) is 71.8 Å². The summed E-state index contributed by atoms with van der Waals surface area (Å²) in [4.78, 5) is 2.23. The lowest BCUT2D eigenvalue weighted by atomic mass is 9.98. The van der Waals surface area contributed by atoms with Gasteiger partial charge in [0, 0.05) is 38.6 Å². The third-order valence-corrected chi connectivity index (χ3v) is 6.92. The van der Waals surface area contributed by atoms with E-state index in [2.05, 4.69) is 27.8 Å². The molecule has 0 saturated heterocycles. The second kappa shape index (κ2) is 8.10. The van der Waals surface area contributed by atoms with E-state index in [-0.39, 0.29) is 17.5 Å². The van der Waals surface area contributed by atoms with Gasteiger partial charge in [-0.05, 0) is 47.9 Å². The quantitative estimate of drug-likeness (QED) is 0.675. The Balaban J connectivity index is 1.58. The molecule has 0 spiro atoms. The monoisotopic (exact) mass is 413 g/mol. The summed E-state index contributed by atoms with van der Waals surface area (Å²) in [5.41, 5.74) is 3.65. The van der Waals surface area contributed by atoms with E-state index in [4.69, 9.17) is 0 Å². The van der Waals surface area contributed by atoms with E-state index in [1.54, 1.807) is 0 Å². The normalized spacial score (nSPS) is 15.8. The van der Waals surface area contributed by atoms with Crippen LogP contribution in [0.1, 0.15) is 22.9 Å². The van der Waals surface area contributed by atoms with Gasteiger partial charge in [-0.25, -0.2) is 17.5 Å². The summed E-state index contributed by atoms with van der Waals surface area (Å²) < 4.78 is 43.6. The maximum absolute atomic E-state index is 13.5. The van der Waals surface area contributed by atoms with Gasteiger partial charge in [-0.15, -0.1) is 0 Å². The first-order chi connectivity index (χ1) is 13.9. The van der Waals surface area contributed by atoms with Gasteiger partial charge in [0.15, 0.2) is 0 Å². The molecule has 7 heteroatoms. The van der Waals surface area contributed by atoms with Gasteiger partial charge >= 0.3 is 0 Å². The fourth-order valence-electron chi connectivity index (χ4n) is 3.93. The molecule has 0 radical (unpaired) electrons. The first kappa shape index (κ1) is 19.8. The third-order valence-electron chi connectivity index (χ3n) is 5.50. The molecular weight excluding hydrogens is 389 g/mol. The lowest BCUT2D eigenvalue weighted by Crippen LogP contribution is -2.41. The zero-order valence-electron chi connectivity index (χ0n) is 16.3. The van der Waals surface area contributed by atoms with Gasteiger partial charge in [0.25, 0.3) is 0 Å². The molecule has 5 nitrogen and oxygen atoms in total. The minimum atomic E-state index is -3.81. The molecule has 0 bridgehead atoms. The first-order valence-electron chi connectivity index (χ1n) is 9.61. The molecule has 2 aromatic carbocycles. The Morgan fingerprint density at radius 3 is 2.59 bits per heavy atom. The number of hydrogen-bond acceptors (Lipinski definition) is 3. The summed E-state index contributed by atoms with van der Waals surface area (Å²) in [7, 11) is -1.85. The molecule has 0 fully saturated rings. The Bertz CT molecular complexity index is 1110. The van der Waals surface area contributed by atoms with Crippen LogP contribution in [0.2, 0.25) is 0 Å². The Morgan fingerprint density at radius 2 is 1.86 bits per heavy atom. The molecule has 0 saturated carbocycles.